The highest BCUT2D eigenvalue weighted by Gasteiger charge is 2.03. The molecule has 0 saturated heterocycles. The molecule has 17 heavy (non-hydrogen) atoms. The Kier molecular flexibility index (Phi) is 5.42. The molecule has 0 bridgehead atoms. The Morgan fingerprint density at radius 2 is 2.35 bits per heavy atom. The smallest absolute Gasteiger partial charge is 0.220 e. The van der Waals surface area contributed by atoms with Crippen LogP contribution in [0, 0.1) is 0 Å². The van der Waals surface area contributed by atoms with Crippen molar-refractivity contribution in [2.24, 2.45) is 5.73 Å². The molecule has 0 aliphatic rings. The lowest BCUT2D eigenvalue weighted by Crippen LogP contribution is -2.25. The summed E-state index contributed by atoms with van der Waals surface area (Å²) >= 11 is 0. The first kappa shape index (κ1) is 13.4. The van der Waals surface area contributed by atoms with Gasteiger partial charge >= 0.3 is 0 Å². The van der Waals surface area contributed by atoms with Crippen molar-refractivity contribution in [3.8, 4) is 5.88 Å². The fourth-order valence-corrected chi connectivity index (χ4v) is 1.28. The summed E-state index contributed by atoms with van der Waals surface area (Å²) in [5, 5.41) is 2.82. The monoisotopic (exact) mass is 237 g/mol. The van der Waals surface area contributed by atoms with Crippen molar-refractivity contribution in [3.05, 3.63) is 23.9 Å². The topological polar surface area (TPSA) is 77.2 Å². The van der Waals surface area contributed by atoms with E-state index in [9.17, 15) is 4.79 Å². The third-order valence-corrected chi connectivity index (χ3v) is 2.32. The number of nitrogens with zero attached hydrogens (tertiary/aromatic N) is 1. The van der Waals surface area contributed by atoms with Crippen molar-refractivity contribution in [2.75, 3.05) is 7.11 Å². The normalized spacial score (nSPS) is 11.9. The van der Waals surface area contributed by atoms with Gasteiger partial charge in [-0.05, 0) is 18.9 Å². The van der Waals surface area contributed by atoms with Gasteiger partial charge in [0.25, 0.3) is 0 Å². The first-order valence-corrected chi connectivity index (χ1v) is 5.63. The molecular weight excluding hydrogens is 218 g/mol. The summed E-state index contributed by atoms with van der Waals surface area (Å²) in [7, 11) is 1.57. The third kappa shape index (κ3) is 5.31. The van der Waals surface area contributed by atoms with Gasteiger partial charge in [-0.15, -0.1) is 0 Å². The lowest BCUT2D eigenvalue weighted by atomic mass is 10.2. The van der Waals surface area contributed by atoms with Gasteiger partial charge in [0.05, 0.1) is 7.11 Å². The second-order valence-electron chi connectivity index (χ2n) is 4.00. The van der Waals surface area contributed by atoms with E-state index >= 15 is 0 Å². The van der Waals surface area contributed by atoms with E-state index < -0.39 is 0 Å². The Morgan fingerprint density at radius 1 is 1.59 bits per heavy atom. The number of pyridine rings is 1. The van der Waals surface area contributed by atoms with Gasteiger partial charge in [-0.1, -0.05) is 6.07 Å². The molecule has 1 aromatic rings. The predicted octanol–water partition coefficient (Wildman–Crippen LogP) is 0.834. The zero-order valence-corrected chi connectivity index (χ0v) is 10.3. The van der Waals surface area contributed by atoms with E-state index in [1.165, 1.54) is 0 Å². The van der Waals surface area contributed by atoms with Gasteiger partial charge in [0, 0.05) is 31.3 Å². The Bertz CT molecular complexity index is 349. The van der Waals surface area contributed by atoms with Crippen LogP contribution in [0.3, 0.4) is 0 Å². The third-order valence-electron chi connectivity index (χ3n) is 2.32. The summed E-state index contributed by atoms with van der Waals surface area (Å²) in [6, 6.07) is 3.70. The summed E-state index contributed by atoms with van der Waals surface area (Å²) < 4.78 is 4.95. The molecule has 1 unspecified atom stereocenters. The van der Waals surface area contributed by atoms with Crippen LogP contribution in [0.15, 0.2) is 18.3 Å². The number of hydrogen-bond donors (Lipinski definition) is 2. The summed E-state index contributed by atoms with van der Waals surface area (Å²) in [5.74, 6) is 0.579. The number of rotatable bonds is 6. The van der Waals surface area contributed by atoms with Gasteiger partial charge in [-0.3, -0.25) is 4.79 Å². The Morgan fingerprint density at radius 3 is 2.88 bits per heavy atom. The van der Waals surface area contributed by atoms with Crippen LogP contribution in [0.25, 0.3) is 0 Å². The molecule has 1 amide bonds. The molecule has 0 spiro atoms. The van der Waals surface area contributed by atoms with Crippen molar-refractivity contribution in [1.82, 2.24) is 10.3 Å². The number of hydrogen-bond acceptors (Lipinski definition) is 4. The van der Waals surface area contributed by atoms with Crippen molar-refractivity contribution in [1.29, 1.82) is 0 Å². The molecule has 94 valence electrons. The number of carbonyl (C=O) groups is 1. The fourth-order valence-electron chi connectivity index (χ4n) is 1.28. The van der Waals surface area contributed by atoms with E-state index in [1.807, 2.05) is 13.0 Å². The first-order valence-electron chi connectivity index (χ1n) is 5.63. The second-order valence-corrected chi connectivity index (χ2v) is 4.00. The Labute approximate surface area is 101 Å². The number of ether oxygens (including phenoxy) is 1. The highest BCUT2D eigenvalue weighted by atomic mass is 16.5. The van der Waals surface area contributed by atoms with Gasteiger partial charge in [0.15, 0.2) is 0 Å². The minimum absolute atomic E-state index is 0.0121. The molecule has 0 saturated carbocycles. The van der Waals surface area contributed by atoms with E-state index in [0.29, 0.717) is 25.3 Å². The number of carbonyl (C=O) groups excluding carboxylic acids is 1. The van der Waals surface area contributed by atoms with Crippen molar-refractivity contribution < 1.29 is 9.53 Å². The van der Waals surface area contributed by atoms with Crippen molar-refractivity contribution in [2.45, 2.75) is 32.4 Å². The highest BCUT2D eigenvalue weighted by Crippen LogP contribution is 2.06. The first-order chi connectivity index (χ1) is 8.11. The summed E-state index contributed by atoms with van der Waals surface area (Å²) in [6.45, 7) is 2.37. The minimum atomic E-state index is 0.0121. The lowest BCUT2D eigenvalue weighted by molar-refractivity contribution is -0.121. The zero-order valence-electron chi connectivity index (χ0n) is 10.3. The SMILES string of the molecule is COc1ccc(CNC(=O)CCC(C)N)cn1. The Hall–Kier alpha value is -1.62. The van der Waals surface area contributed by atoms with Gasteiger partial charge < -0.3 is 15.8 Å². The fraction of sp³-hybridized carbons (Fsp3) is 0.500. The van der Waals surface area contributed by atoms with Crippen LogP contribution in [0.2, 0.25) is 0 Å². The average Bonchev–Trinajstić information content (AvgIpc) is 2.34. The summed E-state index contributed by atoms with van der Waals surface area (Å²) in [4.78, 5) is 15.5. The molecular formula is C12H19N3O2. The van der Waals surface area contributed by atoms with Gasteiger partial charge in [-0.25, -0.2) is 4.98 Å². The van der Waals surface area contributed by atoms with Gasteiger partial charge in [-0.2, -0.15) is 0 Å². The van der Waals surface area contributed by atoms with Gasteiger partial charge in [0.1, 0.15) is 0 Å². The van der Waals surface area contributed by atoms with Crippen LogP contribution in [0.5, 0.6) is 5.88 Å². The number of nitrogens with one attached hydrogen (secondary N) is 1. The lowest BCUT2D eigenvalue weighted by Gasteiger charge is -2.07. The molecule has 1 aromatic heterocycles. The van der Waals surface area contributed by atoms with E-state index in [1.54, 1.807) is 19.4 Å². The molecule has 5 nitrogen and oxygen atoms in total. The van der Waals surface area contributed by atoms with Crippen LogP contribution >= 0.6 is 0 Å². The van der Waals surface area contributed by atoms with Crippen LogP contribution in [-0.2, 0) is 11.3 Å². The molecule has 1 heterocycles. The summed E-state index contributed by atoms with van der Waals surface area (Å²) in [6.07, 6.45) is 2.85. The molecule has 3 N–H and O–H groups in total. The second kappa shape index (κ2) is 6.85. The van der Waals surface area contributed by atoms with Crippen molar-refractivity contribution in [3.63, 3.8) is 0 Å². The quantitative estimate of drug-likeness (QED) is 0.768. The van der Waals surface area contributed by atoms with Gasteiger partial charge in [0.2, 0.25) is 11.8 Å². The maximum atomic E-state index is 11.4. The number of amides is 1. The molecule has 0 aromatic carbocycles. The summed E-state index contributed by atoms with van der Waals surface area (Å²) in [5.41, 5.74) is 6.52. The van der Waals surface area contributed by atoms with Crippen LogP contribution in [-0.4, -0.2) is 24.0 Å². The van der Waals surface area contributed by atoms with Crippen LogP contribution in [0.1, 0.15) is 25.3 Å². The zero-order chi connectivity index (χ0) is 12.7. The molecule has 0 aliphatic carbocycles. The number of methoxy groups -OCH3 is 1. The molecule has 0 aliphatic heterocycles. The molecule has 1 atom stereocenters. The minimum Gasteiger partial charge on any atom is -0.481 e. The van der Waals surface area contributed by atoms with E-state index in [4.69, 9.17) is 10.5 Å². The van der Waals surface area contributed by atoms with E-state index in [0.717, 1.165) is 5.56 Å². The largest absolute Gasteiger partial charge is 0.481 e. The molecule has 1 rings (SSSR count). The molecule has 5 heteroatoms. The Balaban J connectivity index is 2.31. The average molecular weight is 237 g/mol. The van der Waals surface area contributed by atoms with E-state index in [-0.39, 0.29) is 11.9 Å². The van der Waals surface area contributed by atoms with Crippen LogP contribution < -0.4 is 15.8 Å². The van der Waals surface area contributed by atoms with Crippen LogP contribution in [0.4, 0.5) is 0 Å². The van der Waals surface area contributed by atoms with E-state index in [2.05, 4.69) is 10.3 Å². The maximum absolute atomic E-state index is 11.4. The molecule has 0 radical (unpaired) electrons. The molecule has 0 fully saturated rings. The van der Waals surface area contributed by atoms with Crippen molar-refractivity contribution >= 4 is 5.91 Å². The number of aromatic nitrogens is 1. The number of nitrogens with two attached hydrogens (primary N) is 1. The highest BCUT2D eigenvalue weighted by molar-refractivity contribution is 5.75. The standard InChI is InChI=1S/C12H19N3O2/c1-9(13)3-5-11(16)14-7-10-4-6-12(17-2)15-8-10/h4,6,8-9H,3,5,7,13H2,1-2H3,(H,14,16). The maximum Gasteiger partial charge on any atom is 0.220 e. The predicted molar refractivity (Wildman–Crippen MR) is 65.5 cm³/mol.